The SMILES string of the molecule is O=C(Nc1cc(Cl)c(-c2ccc(OCC(F)(F)F)nc2)cc1F)[N+]1=C2CC[C@H]1C(F)(F)c1c2ccnc1F. The van der Waals surface area contributed by atoms with Crippen LogP contribution in [0.15, 0.2) is 42.7 Å². The normalized spacial score (nSPS) is 17.8. The number of hydrogen-bond donors (Lipinski definition) is 1. The highest BCUT2D eigenvalue weighted by molar-refractivity contribution is 6.33. The zero-order valence-corrected chi connectivity index (χ0v) is 19.7. The number of urea groups is 1. The largest absolute Gasteiger partial charge is 0.496 e. The van der Waals surface area contributed by atoms with E-state index in [0.717, 1.165) is 35.2 Å². The van der Waals surface area contributed by atoms with Gasteiger partial charge in [0.15, 0.2) is 24.2 Å². The monoisotopic (exact) mass is 559 g/mol. The number of benzene rings is 1. The van der Waals surface area contributed by atoms with E-state index in [9.17, 15) is 26.7 Å². The first-order valence-corrected chi connectivity index (χ1v) is 11.4. The molecular weight excluding hydrogens is 545 g/mol. The molecule has 14 heteroatoms. The molecular formula is C24H15ClF7N4O2+. The molecule has 1 atom stereocenters. The Labute approximate surface area is 214 Å². The summed E-state index contributed by atoms with van der Waals surface area (Å²) in [5, 5.41) is 2.18. The van der Waals surface area contributed by atoms with Crippen LogP contribution >= 0.6 is 11.6 Å². The predicted octanol–water partition coefficient (Wildman–Crippen LogP) is 6.32. The van der Waals surface area contributed by atoms with Gasteiger partial charge in [0.05, 0.1) is 10.6 Å². The third-order valence-electron chi connectivity index (χ3n) is 6.17. The number of ether oxygens (including phenoxy) is 1. The van der Waals surface area contributed by atoms with E-state index in [0.29, 0.717) is 0 Å². The molecule has 4 heterocycles. The van der Waals surface area contributed by atoms with Crippen LogP contribution < -0.4 is 10.1 Å². The highest BCUT2D eigenvalue weighted by atomic mass is 35.5. The molecule has 2 amide bonds. The number of carbonyl (C=O) groups excluding carboxylic acids is 1. The van der Waals surface area contributed by atoms with Crippen molar-refractivity contribution in [1.29, 1.82) is 0 Å². The van der Waals surface area contributed by atoms with E-state index in [4.69, 9.17) is 11.6 Å². The maximum atomic E-state index is 15.1. The maximum Gasteiger partial charge on any atom is 0.496 e. The average molecular weight is 560 g/mol. The van der Waals surface area contributed by atoms with Gasteiger partial charge in [-0.1, -0.05) is 11.6 Å². The van der Waals surface area contributed by atoms with Crippen LogP contribution in [0.3, 0.4) is 0 Å². The summed E-state index contributed by atoms with van der Waals surface area (Å²) in [6, 6.07) is 2.92. The van der Waals surface area contributed by atoms with Crippen LogP contribution in [-0.2, 0) is 5.92 Å². The van der Waals surface area contributed by atoms with Gasteiger partial charge in [-0.05, 0) is 18.2 Å². The molecule has 2 aliphatic rings. The predicted molar refractivity (Wildman–Crippen MR) is 121 cm³/mol. The van der Waals surface area contributed by atoms with Crippen LogP contribution in [0, 0.1) is 11.8 Å². The van der Waals surface area contributed by atoms with Crippen molar-refractivity contribution >= 4 is 29.0 Å². The number of amides is 2. The molecule has 0 radical (unpaired) electrons. The Balaban J connectivity index is 1.40. The Morgan fingerprint density at radius 2 is 1.92 bits per heavy atom. The van der Waals surface area contributed by atoms with Crippen LogP contribution in [0.1, 0.15) is 24.0 Å². The van der Waals surface area contributed by atoms with Gasteiger partial charge >= 0.3 is 18.1 Å². The second kappa shape index (κ2) is 9.22. The van der Waals surface area contributed by atoms with Crippen molar-refractivity contribution in [1.82, 2.24) is 9.97 Å². The van der Waals surface area contributed by atoms with E-state index in [-0.39, 0.29) is 46.1 Å². The van der Waals surface area contributed by atoms with Gasteiger partial charge < -0.3 is 4.74 Å². The Kier molecular flexibility index (Phi) is 6.28. The number of carbonyl (C=O) groups is 1. The molecule has 0 unspecified atom stereocenters. The summed E-state index contributed by atoms with van der Waals surface area (Å²) < 4.78 is 102. The number of hydrogen-bond acceptors (Lipinski definition) is 4. The summed E-state index contributed by atoms with van der Waals surface area (Å²) in [4.78, 5) is 20.1. The Hall–Kier alpha value is -3.74. The molecule has 6 nitrogen and oxygen atoms in total. The Morgan fingerprint density at radius 3 is 2.61 bits per heavy atom. The van der Waals surface area contributed by atoms with E-state index in [2.05, 4.69) is 20.0 Å². The van der Waals surface area contributed by atoms with Gasteiger partial charge in [-0.15, -0.1) is 0 Å². The number of rotatable bonds is 4. The zero-order valence-electron chi connectivity index (χ0n) is 18.9. The van der Waals surface area contributed by atoms with Gasteiger partial charge in [0.1, 0.15) is 5.71 Å². The highest BCUT2D eigenvalue weighted by Gasteiger charge is 2.59. The first kappa shape index (κ1) is 25.9. The van der Waals surface area contributed by atoms with E-state index >= 15 is 8.78 Å². The lowest BCUT2D eigenvalue weighted by Gasteiger charge is -2.28. The lowest BCUT2D eigenvalue weighted by molar-refractivity contribution is -0.499. The van der Waals surface area contributed by atoms with E-state index in [1.807, 2.05) is 0 Å². The molecule has 198 valence electrons. The minimum absolute atomic E-state index is 0.0643. The fraction of sp³-hybridized carbons (Fsp3) is 0.250. The summed E-state index contributed by atoms with van der Waals surface area (Å²) >= 11 is 6.25. The van der Waals surface area contributed by atoms with Crippen LogP contribution in [0.5, 0.6) is 5.88 Å². The second-order valence-corrected chi connectivity index (χ2v) is 8.96. The number of nitrogens with zero attached hydrogens (tertiary/aromatic N) is 3. The third kappa shape index (κ3) is 4.55. The first-order valence-electron chi connectivity index (χ1n) is 11.0. The number of anilines is 1. The molecule has 0 aliphatic carbocycles. The van der Waals surface area contributed by atoms with E-state index in [1.54, 1.807) is 0 Å². The molecule has 38 heavy (non-hydrogen) atoms. The number of aromatic nitrogens is 2. The van der Waals surface area contributed by atoms with Gasteiger partial charge in [0, 0.05) is 54.1 Å². The highest BCUT2D eigenvalue weighted by Crippen LogP contribution is 2.46. The molecule has 0 saturated heterocycles. The van der Waals surface area contributed by atoms with E-state index < -0.39 is 53.8 Å². The quantitative estimate of drug-likeness (QED) is 0.231. The van der Waals surface area contributed by atoms with Gasteiger partial charge in [0.25, 0.3) is 0 Å². The first-order chi connectivity index (χ1) is 17.9. The summed E-state index contributed by atoms with van der Waals surface area (Å²) in [6.07, 6.45) is -2.47. The smallest absolute Gasteiger partial charge is 0.468 e. The minimum atomic E-state index is -4.55. The molecule has 0 saturated carbocycles. The molecule has 0 spiro atoms. The van der Waals surface area contributed by atoms with Gasteiger partial charge in [-0.2, -0.15) is 35.7 Å². The summed E-state index contributed by atoms with van der Waals surface area (Å²) in [5.74, 6) is -6.32. The van der Waals surface area contributed by atoms with Crippen molar-refractivity contribution in [2.75, 3.05) is 11.9 Å². The molecule has 1 N–H and O–H groups in total. The third-order valence-corrected chi connectivity index (χ3v) is 6.49. The number of halogens is 8. The zero-order chi connectivity index (χ0) is 27.4. The van der Waals surface area contributed by atoms with Gasteiger partial charge in [-0.25, -0.2) is 19.7 Å². The Bertz CT molecular complexity index is 1480. The lowest BCUT2D eigenvalue weighted by atomic mass is 9.95. The van der Waals surface area contributed by atoms with Crippen LogP contribution in [0.4, 0.5) is 41.2 Å². The van der Waals surface area contributed by atoms with Crippen LogP contribution in [0.25, 0.3) is 11.1 Å². The topological polar surface area (TPSA) is 67.1 Å². The van der Waals surface area contributed by atoms with Crippen molar-refractivity contribution in [2.45, 2.75) is 31.0 Å². The Morgan fingerprint density at radius 1 is 1.16 bits per heavy atom. The van der Waals surface area contributed by atoms with Crippen molar-refractivity contribution in [3.63, 3.8) is 0 Å². The van der Waals surface area contributed by atoms with Crippen LogP contribution in [0.2, 0.25) is 5.02 Å². The van der Waals surface area contributed by atoms with Gasteiger partial charge in [0.2, 0.25) is 11.8 Å². The van der Waals surface area contributed by atoms with Crippen molar-refractivity contribution in [2.24, 2.45) is 0 Å². The fourth-order valence-corrected chi connectivity index (χ4v) is 4.84. The number of fused-ring (bicyclic) bond motifs is 3. The summed E-state index contributed by atoms with van der Waals surface area (Å²) in [5.41, 5.74) is -0.914. The van der Waals surface area contributed by atoms with Crippen LogP contribution in [-0.4, -0.2) is 45.1 Å². The minimum Gasteiger partial charge on any atom is -0.468 e. The number of nitrogens with one attached hydrogen (secondary N) is 1. The molecule has 2 aliphatic heterocycles. The molecule has 3 aromatic rings. The van der Waals surface area contributed by atoms with E-state index in [1.165, 1.54) is 12.1 Å². The number of alkyl halides is 5. The molecule has 5 rings (SSSR count). The lowest BCUT2D eigenvalue weighted by Crippen LogP contribution is -2.48. The maximum absolute atomic E-state index is 15.1. The molecule has 2 aromatic heterocycles. The fourth-order valence-electron chi connectivity index (χ4n) is 4.56. The second-order valence-electron chi connectivity index (χ2n) is 8.55. The standard InChI is InChI=1S/C24H14ClF7N4O2/c25-14-8-16(15(26)7-13(14)11-1-4-19(34-9-11)38-10-23(28,29)30)35-22(37)36-17-2-3-18(36)24(31,32)20-12(17)5-6-33-21(20)27/h1,4-9,18H,2-3,10H2/p+1/t18-/m0/s1. The summed E-state index contributed by atoms with van der Waals surface area (Å²) in [6.45, 7) is -1.54. The average Bonchev–Trinajstić information content (AvgIpc) is 3.26. The molecule has 0 fully saturated rings. The molecule has 2 bridgehead atoms. The van der Waals surface area contributed by atoms with Gasteiger partial charge in [-0.3, -0.25) is 0 Å². The van der Waals surface area contributed by atoms with Crippen molar-refractivity contribution in [3.8, 4) is 17.0 Å². The van der Waals surface area contributed by atoms with Crippen molar-refractivity contribution in [3.05, 3.63) is 70.6 Å². The molecule has 1 aromatic carbocycles. The number of pyridine rings is 2. The van der Waals surface area contributed by atoms with Crippen molar-refractivity contribution < 1.29 is 44.8 Å². The summed E-state index contributed by atoms with van der Waals surface area (Å²) in [7, 11) is 0.